The van der Waals surface area contributed by atoms with Gasteiger partial charge in [-0.15, -0.1) is 0 Å². The minimum atomic E-state index is -0.391. The van der Waals surface area contributed by atoms with Gasteiger partial charge in [0, 0.05) is 50.9 Å². The third-order valence-electron chi connectivity index (χ3n) is 4.86. The average Bonchev–Trinajstić information content (AvgIpc) is 3.11. The van der Waals surface area contributed by atoms with Gasteiger partial charge in [0.1, 0.15) is 0 Å². The van der Waals surface area contributed by atoms with Crippen LogP contribution in [0, 0.1) is 0 Å². The number of hydrogen-bond donors (Lipinski definition) is 3. The van der Waals surface area contributed by atoms with E-state index in [0.29, 0.717) is 64.1 Å². The van der Waals surface area contributed by atoms with Crippen LogP contribution in [0.25, 0.3) is 0 Å². The SMILES string of the molecule is CN(CCOCCOCCOCCNC(=O)CCN1C(=O)C=CC1=O)c1ccc(N)c(N)c1. The summed E-state index contributed by atoms with van der Waals surface area (Å²) in [6.07, 6.45) is 2.45. The van der Waals surface area contributed by atoms with Gasteiger partial charge < -0.3 is 35.9 Å². The van der Waals surface area contributed by atoms with E-state index in [4.69, 9.17) is 25.7 Å². The Morgan fingerprint density at radius 1 is 0.939 bits per heavy atom. The van der Waals surface area contributed by atoms with Crippen molar-refractivity contribution in [2.45, 2.75) is 6.42 Å². The smallest absolute Gasteiger partial charge is 0.253 e. The number of benzene rings is 1. The maximum absolute atomic E-state index is 11.7. The number of amides is 3. The van der Waals surface area contributed by atoms with E-state index in [9.17, 15) is 14.4 Å². The van der Waals surface area contributed by atoms with Gasteiger partial charge in [-0.1, -0.05) is 0 Å². The molecule has 2 rings (SSSR count). The van der Waals surface area contributed by atoms with Crippen LogP contribution in [0.5, 0.6) is 0 Å². The van der Waals surface area contributed by atoms with E-state index in [1.54, 1.807) is 6.07 Å². The highest BCUT2D eigenvalue weighted by Crippen LogP contribution is 2.21. The summed E-state index contributed by atoms with van der Waals surface area (Å²) in [5.74, 6) is -1.03. The molecule has 0 bridgehead atoms. The molecule has 1 heterocycles. The van der Waals surface area contributed by atoms with Gasteiger partial charge in [0.05, 0.1) is 51.0 Å². The van der Waals surface area contributed by atoms with Crippen molar-refractivity contribution < 1.29 is 28.6 Å². The van der Waals surface area contributed by atoms with Gasteiger partial charge in [0.25, 0.3) is 11.8 Å². The second kappa shape index (κ2) is 14.1. The Bertz CT molecular complexity index is 813. The molecule has 3 amide bonds. The molecule has 11 heteroatoms. The van der Waals surface area contributed by atoms with Crippen molar-refractivity contribution in [3.8, 4) is 0 Å². The molecule has 1 aromatic rings. The van der Waals surface area contributed by atoms with Gasteiger partial charge in [0.15, 0.2) is 0 Å². The minimum absolute atomic E-state index is 0.0616. The number of nitrogens with one attached hydrogen (secondary N) is 1. The fourth-order valence-corrected chi connectivity index (χ4v) is 2.89. The highest BCUT2D eigenvalue weighted by molar-refractivity contribution is 6.13. The first-order valence-electron chi connectivity index (χ1n) is 10.8. The van der Waals surface area contributed by atoms with E-state index in [2.05, 4.69) is 5.32 Å². The summed E-state index contributed by atoms with van der Waals surface area (Å²) in [5, 5.41) is 2.68. The first-order valence-corrected chi connectivity index (χ1v) is 10.8. The normalized spacial score (nSPS) is 13.1. The number of nitrogens with zero attached hydrogens (tertiary/aromatic N) is 2. The fourth-order valence-electron chi connectivity index (χ4n) is 2.89. The van der Waals surface area contributed by atoms with Crippen LogP contribution in [0.1, 0.15) is 6.42 Å². The van der Waals surface area contributed by atoms with Gasteiger partial charge in [-0.25, -0.2) is 0 Å². The zero-order valence-electron chi connectivity index (χ0n) is 19.0. The van der Waals surface area contributed by atoms with Crippen molar-refractivity contribution in [3.05, 3.63) is 30.4 Å². The molecule has 1 aromatic carbocycles. The molecule has 0 saturated heterocycles. The number of anilines is 3. The van der Waals surface area contributed by atoms with Crippen LogP contribution >= 0.6 is 0 Å². The molecule has 0 aromatic heterocycles. The van der Waals surface area contributed by atoms with Crippen molar-refractivity contribution in [3.63, 3.8) is 0 Å². The lowest BCUT2D eigenvalue weighted by atomic mass is 10.2. The molecular formula is C22H33N5O6. The van der Waals surface area contributed by atoms with E-state index in [1.165, 1.54) is 12.2 Å². The summed E-state index contributed by atoms with van der Waals surface area (Å²) >= 11 is 0. The first kappa shape index (κ1) is 26.1. The number of ether oxygens (including phenoxy) is 3. The van der Waals surface area contributed by atoms with Crippen molar-refractivity contribution in [2.24, 2.45) is 0 Å². The van der Waals surface area contributed by atoms with Crippen molar-refractivity contribution in [1.29, 1.82) is 0 Å². The lowest BCUT2D eigenvalue weighted by molar-refractivity contribution is -0.137. The van der Waals surface area contributed by atoms with Crippen LogP contribution in [-0.2, 0) is 28.6 Å². The molecular weight excluding hydrogens is 430 g/mol. The molecule has 5 N–H and O–H groups in total. The Hall–Kier alpha value is -3.15. The van der Waals surface area contributed by atoms with Crippen LogP contribution in [0.15, 0.2) is 30.4 Å². The minimum Gasteiger partial charge on any atom is -0.397 e. The zero-order valence-corrected chi connectivity index (χ0v) is 19.0. The van der Waals surface area contributed by atoms with E-state index >= 15 is 0 Å². The molecule has 11 nitrogen and oxygen atoms in total. The molecule has 33 heavy (non-hydrogen) atoms. The zero-order chi connectivity index (χ0) is 24.1. The number of carbonyl (C=O) groups is 3. The molecule has 0 spiro atoms. The van der Waals surface area contributed by atoms with E-state index < -0.39 is 11.8 Å². The number of hydrogen-bond acceptors (Lipinski definition) is 9. The molecule has 182 valence electrons. The number of nitrogens with two attached hydrogens (primary N) is 2. The third kappa shape index (κ3) is 9.48. The highest BCUT2D eigenvalue weighted by Gasteiger charge is 2.23. The molecule has 0 radical (unpaired) electrons. The molecule has 0 unspecified atom stereocenters. The van der Waals surface area contributed by atoms with Crippen LogP contribution in [0.3, 0.4) is 0 Å². The second-order valence-electron chi connectivity index (χ2n) is 7.33. The van der Waals surface area contributed by atoms with Crippen molar-refractivity contribution in [1.82, 2.24) is 10.2 Å². The summed E-state index contributed by atoms with van der Waals surface area (Å²) in [6.45, 7) is 3.78. The molecule has 0 saturated carbocycles. The van der Waals surface area contributed by atoms with Gasteiger partial charge >= 0.3 is 0 Å². The summed E-state index contributed by atoms with van der Waals surface area (Å²) in [4.78, 5) is 37.6. The Labute approximate surface area is 193 Å². The molecule has 0 atom stereocenters. The average molecular weight is 464 g/mol. The summed E-state index contributed by atoms with van der Waals surface area (Å²) < 4.78 is 16.4. The Morgan fingerprint density at radius 2 is 1.55 bits per heavy atom. The number of rotatable bonds is 16. The van der Waals surface area contributed by atoms with E-state index in [-0.39, 0.29) is 18.9 Å². The Balaban J connectivity index is 1.37. The highest BCUT2D eigenvalue weighted by atomic mass is 16.5. The maximum atomic E-state index is 11.7. The predicted molar refractivity (Wildman–Crippen MR) is 124 cm³/mol. The van der Waals surface area contributed by atoms with Gasteiger partial charge in [-0.3, -0.25) is 19.3 Å². The van der Waals surface area contributed by atoms with Crippen molar-refractivity contribution in [2.75, 3.05) is 82.7 Å². The molecule has 0 fully saturated rings. The van der Waals surface area contributed by atoms with Crippen molar-refractivity contribution >= 4 is 34.8 Å². The summed E-state index contributed by atoms with van der Waals surface area (Å²) in [6, 6.07) is 5.53. The molecule has 1 aliphatic rings. The lowest BCUT2D eigenvalue weighted by Gasteiger charge is -2.20. The quantitative estimate of drug-likeness (QED) is 0.172. The standard InChI is InChI=1S/C22H33N5O6/c1-26(17-2-3-18(23)19(24)16-17)9-11-32-13-15-33-14-12-31-10-7-25-20(28)6-8-27-21(29)4-5-22(27)30/h2-5,16H,6-15,23-24H2,1H3,(H,25,28). The number of imide groups is 1. The molecule has 1 aliphatic heterocycles. The third-order valence-corrected chi connectivity index (χ3v) is 4.86. The second-order valence-corrected chi connectivity index (χ2v) is 7.33. The van der Waals surface area contributed by atoms with E-state index in [0.717, 1.165) is 10.6 Å². The monoisotopic (exact) mass is 463 g/mol. The number of nitrogen functional groups attached to an aromatic ring is 2. The summed E-state index contributed by atoms with van der Waals surface area (Å²) in [7, 11) is 1.96. The van der Waals surface area contributed by atoms with Gasteiger partial charge in [-0.2, -0.15) is 0 Å². The predicted octanol–water partition coefficient (Wildman–Crippen LogP) is -0.232. The summed E-state index contributed by atoms with van der Waals surface area (Å²) in [5.41, 5.74) is 13.6. The van der Waals surface area contributed by atoms with Crippen LogP contribution in [0.4, 0.5) is 17.1 Å². The lowest BCUT2D eigenvalue weighted by Crippen LogP contribution is -2.35. The Kier molecular flexibility index (Phi) is 11.1. The fraction of sp³-hybridized carbons (Fsp3) is 0.500. The van der Waals surface area contributed by atoms with Crippen LogP contribution in [0.2, 0.25) is 0 Å². The topological polar surface area (TPSA) is 149 Å². The van der Waals surface area contributed by atoms with Crippen LogP contribution < -0.4 is 21.7 Å². The van der Waals surface area contributed by atoms with Crippen LogP contribution in [-0.4, -0.2) is 88.9 Å². The maximum Gasteiger partial charge on any atom is 0.253 e. The Morgan fingerprint density at radius 3 is 2.18 bits per heavy atom. The number of carbonyl (C=O) groups excluding carboxylic acids is 3. The first-order chi connectivity index (χ1) is 15.9. The van der Waals surface area contributed by atoms with E-state index in [1.807, 2.05) is 24.1 Å². The largest absolute Gasteiger partial charge is 0.397 e. The molecule has 0 aliphatic carbocycles. The van der Waals surface area contributed by atoms with Gasteiger partial charge in [0.2, 0.25) is 5.91 Å². The number of likely N-dealkylation sites (N-methyl/N-ethyl adjacent to an activating group) is 1. The van der Waals surface area contributed by atoms with Gasteiger partial charge in [-0.05, 0) is 18.2 Å².